The highest BCUT2D eigenvalue weighted by molar-refractivity contribution is 7.66. The summed E-state index contributed by atoms with van der Waals surface area (Å²) in [6.07, 6.45) is -4.68. The van der Waals surface area contributed by atoms with Gasteiger partial charge in [-0.15, -0.1) is 0 Å². The van der Waals surface area contributed by atoms with Crippen molar-refractivity contribution in [3.05, 3.63) is 86.4 Å². The molecule has 0 aliphatic carbocycles. The third-order valence-electron chi connectivity index (χ3n) is 5.84. The molecule has 18 nitrogen and oxygen atoms in total. The number of hydrogen-bond donors (Lipinski definition) is 6. The number of aliphatic hydroxyl groups excluding tert-OH is 2. The van der Waals surface area contributed by atoms with Crippen molar-refractivity contribution >= 4 is 35.1 Å². The molecule has 1 aliphatic heterocycles. The van der Waals surface area contributed by atoms with Crippen LogP contribution in [-0.2, 0) is 38.1 Å². The minimum absolute atomic E-state index is 0.280. The van der Waals surface area contributed by atoms with E-state index in [0.717, 1.165) is 27.0 Å². The molecular formula is C21H23ClN3O15P3. The van der Waals surface area contributed by atoms with Crippen molar-refractivity contribution in [3.63, 3.8) is 0 Å². The van der Waals surface area contributed by atoms with E-state index in [1.807, 2.05) is 6.07 Å². The van der Waals surface area contributed by atoms with Crippen molar-refractivity contribution in [3.8, 4) is 11.1 Å². The number of aromatic nitrogens is 3. The maximum absolute atomic E-state index is 13.3. The Hall–Kier alpha value is -2.37. The largest absolute Gasteiger partial charge is 0.490 e. The molecule has 1 aromatic carbocycles. The van der Waals surface area contributed by atoms with Gasteiger partial charge in [0.2, 0.25) is 0 Å². The molecule has 6 N–H and O–H groups in total. The van der Waals surface area contributed by atoms with Gasteiger partial charge in [-0.1, -0.05) is 41.9 Å². The summed E-state index contributed by atoms with van der Waals surface area (Å²) in [5, 5.41) is 21.2. The van der Waals surface area contributed by atoms with Crippen LogP contribution in [0.2, 0.25) is 5.02 Å². The molecular weight excluding hydrogens is 663 g/mol. The highest BCUT2D eigenvalue weighted by atomic mass is 35.5. The predicted molar refractivity (Wildman–Crippen MR) is 144 cm³/mol. The number of phosphoric acid groups is 3. The van der Waals surface area contributed by atoms with Gasteiger partial charge in [-0.3, -0.25) is 23.4 Å². The van der Waals surface area contributed by atoms with Gasteiger partial charge in [0.1, 0.15) is 18.3 Å². The summed E-state index contributed by atoms with van der Waals surface area (Å²) in [4.78, 5) is 66.1. The third-order valence-corrected chi connectivity index (χ3v) is 9.95. The Morgan fingerprint density at radius 1 is 0.953 bits per heavy atom. The summed E-state index contributed by atoms with van der Waals surface area (Å²) in [6.45, 7) is -1.42. The lowest BCUT2D eigenvalue weighted by Crippen LogP contribution is -2.43. The molecule has 0 saturated carbocycles. The molecule has 1 saturated heterocycles. The maximum Gasteiger partial charge on any atom is 0.490 e. The van der Waals surface area contributed by atoms with E-state index in [0.29, 0.717) is 10.6 Å². The van der Waals surface area contributed by atoms with Gasteiger partial charge in [-0.25, -0.2) is 18.5 Å². The second kappa shape index (κ2) is 12.9. The molecule has 0 radical (unpaired) electrons. The van der Waals surface area contributed by atoms with Crippen molar-refractivity contribution in [2.24, 2.45) is 0 Å². The minimum atomic E-state index is -5.80. The van der Waals surface area contributed by atoms with Crippen LogP contribution in [0.3, 0.4) is 0 Å². The molecule has 1 fully saturated rings. The monoisotopic (exact) mass is 685 g/mol. The number of halogens is 1. The van der Waals surface area contributed by atoms with Gasteiger partial charge >= 0.3 is 29.2 Å². The van der Waals surface area contributed by atoms with Crippen LogP contribution in [0.25, 0.3) is 11.1 Å². The molecule has 6 atom stereocenters. The van der Waals surface area contributed by atoms with E-state index in [1.54, 1.807) is 30.3 Å². The zero-order chi connectivity index (χ0) is 31.7. The lowest BCUT2D eigenvalue weighted by atomic mass is 10.1. The van der Waals surface area contributed by atoms with E-state index in [9.17, 15) is 43.3 Å². The lowest BCUT2D eigenvalue weighted by molar-refractivity contribution is -0.0547. The Bertz CT molecular complexity index is 1750. The average molecular weight is 686 g/mol. The van der Waals surface area contributed by atoms with E-state index in [4.69, 9.17) is 26.1 Å². The van der Waals surface area contributed by atoms with Gasteiger partial charge in [0.05, 0.1) is 23.9 Å². The summed E-state index contributed by atoms with van der Waals surface area (Å²) in [7, 11) is -17.0. The molecule has 0 spiro atoms. The normalized spacial score (nSPS) is 23.5. The van der Waals surface area contributed by atoms with Crippen LogP contribution >= 0.6 is 35.1 Å². The number of benzene rings is 1. The van der Waals surface area contributed by atoms with Gasteiger partial charge < -0.3 is 34.5 Å². The first-order valence-corrected chi connectivity index (χ1v) is 16.7. The smallest absolute Gasteiger partial charge is 0.387 e. The number of nitrogens with zero attached hydrogens (tertiary/aromatic N) is 3. The molecule has 234 valence electrons. The fraction of sp³-hybridized carbons (Fsp3) is 0.286. The zero-order valence-electron chi connectivity index (χ0n) is 21.3. The standard InChI is InChI=1S/C21H23ClN3O15P3/c22-15-9-23-13(8-14(15)12-4-2-1-3-5-12)10-25-17(26)6-7-24(21(25)29)20-19(28)18(27)16(38-20)11-37-42(33,34)40-43(35,36)39-41(30,31)32/h1-9,16,18-20,27-28H,10-11H2,(H,33,34)(H,35,36)(H2,30,31,32)/t16-,18?,19?,20-/m1/s1. The molecule has 3 heterocycles. The van der Waals surface area contributed by atoms with E-state index < -0.39 is 65.9 Å². The number of phosphoric ester groups is 1. The highest BCUT2D eigenvalue weighted by Gasteiger charge is 2.47. The number of pyridine rings is 1. The third kappa shape index (κ3) is 8.42. The number of hydrogen-bond acceptors (Lipinski definition) is 12. The molecule has 43 heavy (non-hydrogen) atoms. The summed E-state index contributed by atoms with van der Waals surface area (Å²) in [5.74, 6) is 0. The molecule has 22 heteroatoms. The molecule has 2 aromatic heterocycles. The molecule has 3 aromatic rings. The first kappa shape index (κ1) is 33.5. The lowest BCUT2D eigenvalue weighted by Gasteiger charge is -2.19. The molecule has 4 rings (SSSR count). The quantitative estimate of drug-likeness (QED) is 0.152. The molecule has 1 aliphatic rings. The Labute approximate surface area is 245 Å². The van der Waals surface area contributed by atoms with Crippen LogP contribution in [0, 0.1) is 0 Å². The topological polar surface area (TPSA) is 266 Å². The average Bonchev–Trinajstić information content (AvgIpc) is 3.18. The van der Waals surface area contributed by atoms with E-state index in [1.165, 1.54) is 6.20 Å². The second-order valence-corrected chi connectivity index (χ2v) is 13.7. The Morgan fingerprint density at radius 2 is 1.63 bits per heavy atom. The number of aliphatic hydroxyl groups is 2. The number of ether oxygens (including phenoxy) is 1. The summed E-state index contributed by atoms with van der Waals surface area (Å²) in [5.41, 5.74) is -0.102. The van der Waals surface area contributed by atoms with E-state index in [-0.39, 0.29) is 12.2 Å². The maximum atomic E-state index is 13.3. The Balaban J connectivity index is 1.52. The first-order valence-electron chi connectivity index (χ1n) is 11.8. The SMILES string of the molecule is O=c1ccn([C@@H]2O[C@H](COP(=O)(O)OP(=O)(O)OP(=O)(O)O)C(O)C2O)c(=O)n1Cc1cc(-c2ccccc2)c(Cl)cn1. The second-order valence-electron chi connectivity index (χ2n) is 8.88. The summed E-state index contributed by atoms with van der Waals surface area (Å²) in [6, 6.07) is 11.6. The van der Waals surface area contributed by atoms with Crippen molar-refractivity contribution in [1.29, 1.82) is 0 Å². The van der Waals surface area contributed by atoms with Gasteiger partial charge in [0, 0.05) is 24.0 Å². The minimum Gasteiger partial charge on any atom is -0.387 e. The van der Waals surface area contributed by atoms with Gasteiger partial charge in [0.25, 0.3) is 5.56 Å². The molecule has 0 bridgehead atoms. The van der Waals surface area contributed by atoms with Crippen LogP contribution in [0.5, 0.6) is 0 Å². The van der Waals surface area contributed by atoms with Crippen LogP contribution < -0.4 is 11.2 Å². The van der Waals surface area contributed by atoms with Crippen molar-refractivity contribution in [1.82, 2.24) is 14.1 Å². The number of rotatable bonds is 11. The fourth-order valence-electron chi connectivity index (χ4n) is 4.01. The van der Waals surface area contributed by atoms with E-state index >= 15 is 0 Å². The van der Waals surface area contributed by atoms with Crippen molar-refractivity contribution < 1.29 is 61.4 Å². The van der Waals surface area contributed by atoms with Crippen LogP contribution in [0.15, 0.2) is 64.4 Å². The Kier molecular flexibility index (Phi) is 10.1. The fourth-order valence-corrected chi connectivity index (χ4v) is 7.25. The van der Waals surface area contributed by atoms with Crippen LogP contribution in [0.4, 0.5) is 0 Å². The summed E-state index contributed by atoms with van der Waals surface area (Å²) >= 11 is 6.28. The summed E-state index contributed by atoms with van der Waals surface area (Å²) < 4.78 is 52.8. The molecule has 4 unspecified atom stereocenters. The van der Waals surface area contributed by atoms with E-state index in [2.05, 4.69) is 18.1 Å². The first-order chi connectivity index (χ1) is 20.0. The highest BCUT2D eigenvalue weighted by Crippen LogP contribution is 2.66. The van der Waals surface area contributed by atoms with Gasteiger partial charge in [-0.05, 0) is 11.6 Å². The van der Waals surface area contributed by atoms with Crippen LogP contribution in [0.1, 0.15) is 11.9 Å². The molecule has 0 amide bonds. The predicted octanol–water partition coefficient (Wildman–Crippen LogP) is 0.736. The van der Waals surface area contributed by atoms with Crippen molar-refractivity contribution in [2.45, 2.75) is 31.1 Å². The van der Waals surface area contributed by atoms with Gasteiger partial charge in [0.15, 0.2) is 6.23 Å². The van der Waals surface area contributed by atoms with Crippen LogP contribution in [-0.4, -0.2) is 68.8 Å². The zero-order valence-corrected chi connectivity index (χ0v) is 24.8. The van der Waals surface area contributed by atoms with Gasteiger partial charge in [-0.2, -0.15) is 8.62 Å². The van der Waals surface area contributed by atoms with Crippen molar-refractivity contribution in [2.75, 3.05) is 6.61 Å². The Morgan fingerprint density at radius 3 is 2.28 bits per heavy atom.